The highest BCUT2D eigenvalue weighted by molar-refractivity contribution is 9.10. The lowest BCUT2D eigenvalue weighted by Crippen LogP contribution is -2.11. The number of nitrogens with two attached hydrogens (primary N) is 1. The molecule has 0 saturated heterocycles. The van der Waals surface area contributed by atoms with Crippen LogP contribution < -0.4 is 5.73 Å². The third kappa shape index (κ3) is 2.23. The van der Waals surface area contributed by atoms with Gasteiger partial charge in [-0.15, -0.1) is 0 Å². The minimum absolute atomic E-state index is 0.356. The fraction of sp³-hybridized carbons (Fsp3) is 0.182. The van der Waals surface area contributed by atoms with Crippen molar-refractivity contribution in [2.45, 2.75) is 13.8 Å². The Bertz CT molecular complexity index is 591. The molecule has 6 heteroatoms. The number of nitrogens with zero attached hydrogens (tertiary/aromatic N) is 3. The molecule has 0 unspecified atom stereocenters. The van der Waals surface area contributed by atoms with Gasteiger partial charge < -0.3 is 5.73 Å². The van der Waals surface area contributed by atoms with Gasteiger partial charge in [-0.25, -0.2) is 9.67 Å². The van der Waals surface area contributed by atoms with Crippen molar-refractivity contribution in [2.75, 3.05) is 0 Å². The van der Waals surface area contributed by atoms with E-state index in [2.05, 4.69) is 26.0 Å². The summed E-state index contributed by atoms with van der Waals surface area (Å²) in [5.41, 5.74) is 8.30. The summed E-state index contributed by atoms with van der Waals surface area (Å²) in [5, 5.41) is 4.40. The van der Waals surface area contributed by atoms with E-state index in [-0.39, 0.29) is 0 Å². The molecule has 0 aliphatic heterocycles. The van der Waals surface area contributed by atoms with Gasteiger partial charge in [0, 0.05) is 11.8 Å². The molecule has 0 aliphatic rings. The lowest BCUT2D eigenvalue weighted by Gasteiger charge is -2.05. The summed E-state index contributed by atoms with van der Waals surface area (Å²) < 4.78 is 2.75. The van der Waals surface area contributed by atoms with E-state index in [1.165, 1.54) is 0 Å². The molecule has 0 saturated carbocycles. The number of aryl methyl sites for hydroxylation is 1. The molecule has 88 valence electrons. The van der Waals surface area contributed by atoms with Crippen LogP contribution >= 0.6 is 28.1 Å². The summed E-state index contributed by atoms with van der Waals surface area (Å²) in [4.78, 5) is 4.63. The molecule has 4 nitrogen and oxygen atoms in total. The van der Waals surface area contributed by atoms with Crippen molar-refractivity contribution in [3.05, 3.63) is 39.8 Å². The zero-order valence-corrected chi connectivity index (χ0v) is 11.8. The van der Waals surface area contributed by atoms with Crippen LogP contribution in [0.4, 0.5) is 0 Å². The first-order valence-corrected chi connectivity index (χ1v) is 6.19. The average Bonchev–Trinajstić information content (AvgIpc) is 2.57. The zero-order valence-electron chi connectivity index (χ0n) is 9.44. The van der Waals surface area contributed by atoms with Crippen molar-refractivity contribution < 1.29 is 0 Å². The molecule has 0 radical (unpaired) electrons. The third-order valence-electron chi connectivity index (χ3n) is 2.45. The van der Waals surface area contributed by atoms with E-state index in [0.717, 1.165) is 21.4 Å². The normalized spacial score (nSPS) is 10.5. The highest BCUT2D eigenvalue weighted by atomic mass is 79.9. The molecular weight excluding hydrogens is 300 g/mol. The number of rotatable bonds is 2. The maximum Gasteiger partial charge on any atom is 0.154 e. The van der Waals surface area contributed by atoms with E-state index in [1.54, 1.807) is 16.9 Å². The van der Waals surface area contributed by atoms with Crippen LogP contribution in [0.1, 0.15) is 17.0 Å². The van der Waals surface area contributed by atoms with Gasteiger partial charge in [-0.2, -0.15) is 5.10 Å². The topological polar surface area (TPSA) is 56.7 Å². The molecule has 2 heterocycles. The smallest absolute Gasteiger partial charge is 0.154 e. The highest BCUT2D eigenvalue weighted by Crippen LogP contribution is 2.22. The molecule has 0 aromatic carbocycles. The van der Waals surface area contributed by atoms with E-state index in [9.17, 15) is 0 Å². The van der Waals surface area contributed by atoms with E-state index in [1.807, 2.05) is 19.9 Å². The zero-order chi connectivity index (χ0) is 12.6. The minimum atomic E-state index is 0.356. The lowest BCUT2D eigenvalue weighted by molar-refractivity contribution is 0.805. The Hall–Kier alpha value is -1.27. The summed E-state index contributed by atoms with van der Waals surface area (Å²) in [5.74, 6) is 0.710. The van der Waals surface area contributed by atoms with E-state index >= 15 is 0 Å². The van der Waals surface area contributed by atoms with Crippen LogP contribution in [0.15, 0.2) is 22.8 Å². The van der Waals surface area contributed by atoms with Crippen LogP contribution in [0.25, 0.3) is 5.82 Å². The standard InChI is InChI=1S/C11H11BrN4S/c1-6-10(12)7(2)16(15-6)9-5-8(11(13)17)3-4-14-9/h3-5H,1-2H3,(H2,13,17). The predicted octanol–water partition coefficient (Wildman–Crippen LogP) is 2.28. The molecule has 0 spiro atoms. The average molecular weight is 311 g/mol. The fourth-order valence-electron chi connectivity index (χ4n) is 1.53. The summed E-state index contributed by atoms with van der Waals surface area (Å²) in [6.07, 6.45) is 1.67. The van der Waals surface area contributed by atoms with Crippen LogP contribution in [-0.4, -0.2) is 19.8 Å². The molecule has 0 amide bonds. The first-order chi connectivity index (χ1) is 8.00. The van der Waals surface area contributed by atoms with Gasteiger partial charge in [0.2, 0.25) is 0 Å². The first-order valence-electron chi connectivity index (χ1n) is 4.98. The predicted molar refractivity (Wildman–Crippen MR) is 74.4 cm³/mol. The van der Waals surface area contributed by atoms with Crippen molar-refractivity contribution in [3.8, 4) is 5.82 Å². The van der Waals surface area contributed by atoms with Gasteiger partial charge in [-0.3, -0.25) is 0 Å². The Morgan fingerprint density at radius 2 is 2.18 bits per heavy atom. The summed E-state index contributed by atoms with van der Waals surface area (Å²) in [7, 11) is 0. The van der Waals surface area contributed by atoms with Gasteiger partial charge in [0.1, 0.15) is 4.99 Å². The highest BCUT2D eigenvalue weighted by Gasteiger charge is 2.11. The van der Waals surface area contributed by atoms with Gasteiger partial charge in [0.25, 0.3) is 0 Å². The number of thiocarbonyl (C=S) groups is 1. The number of aromatic nitrogens is 3. The van der Waals surface area contributed by atoms with Crippen molar-refractivity contribution in [1.82, 2.24) is 14.8 Å². The lowest BCUT2D eigenvalue weighted by atomic mass is 10.2. The van der Waals surface area contributed by atoms with Gasteiger partial charge >= 0.3 is 0 Å². The number of halogens is 1. The second kappa shape index (κ2) is 4.54. The molecule has 0 atom stereocenters. The summed E-state index contributed by atoms with van der Waals surface area (Å²) in [6.45, 7) is 3.91. The minimum Gasteiger partial charge on any atom is -0.389 e. The van der Waals surface area contributed by atoms with Crippen molar-refractivity contribution in [3.63, 3.8) is 0 Å². The largest absolute Gasteiger partial charge is 0.389 e. The number of hydrogen-bond acceptors (Lipinski definition) is 3. The van der Waals surface area contributed by atoms with Gasteiger partial charge in [-0.05, 0) is 41.9 Å². The number of hydrogen-bond donors (Lipinski definition) is 1. The Morgan fingerprint density at radius 3 is 2.71 bits per heavy atom. The number of pyridine rings is 1. The van der Waals surface area contributed by atoms with Crippen LogP contribution in [-0.2, 0) is 0 Å². The van der Waals surface area contributed by atoms with Crippen LogP contribution in [0.3, 0.4) is 0 Å². The summed E-state index contributed by atoms with van der Waals surface area (Å²) >= 11 is 8.43. The Morgan fingerprint density at radius 1 is 1.47 bits per heavy atom. The summed E-state index contributed by atoms with van der Waals surface area (Å²) in [6, 6.07) is 3.61. The monoisotopic (exact) mass is 310 g/mol. The second-order valence-electron chi connectivity index (χ2n) is 3.66. The van der Waals surface area contributed by atoms with E-state index in [0.29, 0.717) is 10.8 Å². The van der Waals surface area contributed by atoms with Gasteiger partial charge in [0.05, 0.1) is 15.9 Å². The Kier molecular flexibility index (Phi) is 3.26. The van der Waals surface area contributed by atoms with Gasteiger partial charge in [-0.1, -0.05) is 12.2 Å². The van der Waals surface area contributed by atoms with Crippen molar-refractivity contribution >= 4 is 33.1 Å². The molecular formula is C11H11BrN4S. The third-order valence-corrected chi connectivity index (χ3v) is 3.83. The molecule has 2 aromatic heterocycles. The van der Waals surface area contributed by atoms with Gasteiger partial charge in [0.15, 0.2) is 5.82 Å². The fourth-order valence-corrected chi connectivity index (χ4v) is 1.91. The molecule has 0 bridgehead atoms. The molecule has 2 N–H and O–H groups in total. The maximum absolute atomic E-state index is 5.60. The van der Waals surface area contributed by atoms with Crippen LogP contribution in [0, 0.1) is 13.8 Å². The van der Waals surface area contributed by atoms with Crippen LogP contribution in [0.2, 0.25) is 0 Å². The quantitative estimate of drug-likeness (QED) is 0.865. The first kappa shape index (κ1) is 12.2. The Labute approximate surface area is 113 Å². The Balaban J connectivity index is 2.56. The van der Waals surface area contributed by atoms with Crippen molar-refractivity contribution in [2.24, 2.45) is 5.73 Å². The van der Waals surface area contributed by atoms with Crippen molar-refractivity contribution in [1.29, 1.82) is 0 Å². The molecule has 0 fully saturated rings. The molecule has 2 rings (SSSR count). The maximum atomic E-state index is 5.60. The van der Waals surface area contributed by atoms with E-state index < -0.39 is 0 Å². The van der Waals surface area contributed by atoms with Crippen LogP contribution in [0.5, 0.6) is 0 Å². The van der Waals surface area contributed by atoms with E-state index in [4.69, 9.17) is 18.0 Å². The molecule has 2 aromatic rings. The second-order valence-corrected chi connectivity index (χ2v) is 4.90. The molecule has 0 aliphatic carbocycles. The molecule has 17 heavy (non-hydrogen) atoms. The SMILES string of the molecule is Cc1nn(-c2cc(C(N)=S)ccn2)c(C)c1Br.